The number of nitrogens with zero attached hydrogens (tertiary/aromatic N) is 1. The third-order valence-corrected chi connectivity index (χ3v) is 4.51. The fourth-order valence-corrected chi connectivity index (χ4v) is 3.28. The minimum Gasteiger partial charge on any atom is -0.496 e. The number of benzene rings is 1. The topological polar surface area (TPSA) is 91.4 Å². The number of imide groups is 1. The molecule has 9 heteroatoms. The van der Waals surface area contributed by atoms with Crippen molar-refractivity contribution in [2.75, 3.05) is 27.9 Å². The number of amides is 2. The van der Waals surface area contributed by atoms with Crippen LogP contribution in [0.5, 0.6) is 17.2 Å². The Balaban J connectivity index is 2.29. The van der Waals surface area contributed by atoms with Crippen LogP contribution in [0.1, 0.15) is 26.3 Å². The molecule has 0 aliphatic carbocycles. The molecule has 0 radical (unpaired) electrons. The zero-order valence-corrected chi connectivity index (χ0v) is 17.5. The molecule has 0 saturated carbocycles. The van der Waals surface area contributed by atoms with E-state index in [0.717, 1.165) is 16.7 Å². The highest BCUT2D eigenvalue weighted by molar-refractivity contribution is 8.18. The molecule has 2 amide bonds. The Kier molecular flexibility index (Phi) is 6.60. The molecule has 1 aromatic carbocycles. The van der Waals surface area contributed by atoms with Gasteiger partial charge in [0.2, 0.25) is 0 Å². The van der Waals surface area contributed by atoms with Crippen LogP contribution in [-0.2, 0) is 14.3 Å². The fourth-order valence-electron chi connectivity index (χ4n) is 2.45. The molecule has 2 rings (SSSR count). The smallest absolute Gasteiger partial charge is 0.326 e. The normalized spacial score (nSPS) is 15.8. The summed E-state index contributed by atoms with van der Waals surface area (Å²) in [4.78, 5) is 37.8. The molecule has 152 valence electrons. The van der Waals surface area contributed by atoms with Gasteiger partial charge < -0.3 is 18.9 Å². The lowest BCUT2D eigenvalue weighted by molar-refractivity contribution is -0.156. The van der Waals surface area contributed by atoms with Crippen LogP contribution in [0, 0.1) is 0 Å². The van der Waals surface area contributed by atoms with Crippen molar-refractivity contribution in [3.05, 3.63) is 22.6 Å². The van der Waals surface area contributed by atoms with E-state index >= 15 is 0 Å². The van der Waals surface area contributed by atoms with E-state index in [1.165, 1.54) is 27.4 Å². The second-order valence-electron chi connectivity index (χ2n) is 6.80. The van der Waals surface area contributed by atoms with E-state index in [0.29, 0.717) is 22.8 Å². The van der Waals surface area contributed by atoms with Crippen molar-refractivity contribution in [1.29, 1.82) is 0 Å². The van der Waals surface area contributed by atoms with E-state index in [1.807, 2.05) is 0 Å². The minimum absolute atomic E-state index is 0.166. The van der Waals surface area contributed by atoms with Crippen LogP contribution < -0.4 is 14.2 Å². The molecule has 1 aromatic rings. The molecule has 1 fully saturated rings. The molecular formula is C19H23NO7S. The Hall–Kier alpha value is -2.68. The maximum absolute atomic E-state index is 12.6. The number of hydrogen-bond acceptors (Lipinski definition) is 8. The zero-order chi connectivity index (χ0) is 21.1. The lowest BCUT2D eigenvalue weighted by Crippen LogP contribution is -2.37. The van der Waals surface area contributed by atoms with Crippen LogP contribution in [0.25, 0.3) is 6.08 Å². The fraction of sp³-hybridized carbons (Fsp3) is 0.421. The van der Waals surface area contributed by atoms with Gasteiger partial charge in [-0.25, -0.2) is 0 Å². The summed E-state index contributed by atoms with van der Waals surface area (Å²) < 4.78 is 21.0. The van der Waals surface area contributed by atoms with Crippen molar-refractivity contribution in [1.82, 2.24) is 4.90 Å². The molecule has 0 bridgehead atoms. The molecule has 1 aliphatic heterocycles. The van der Waals surface area contributed by atoms with Crippen LogP contribution >= 0.6 is 11.8 Å². The number of esters is 1. The van der Waals surface area contributed by atoms with E-state index in [-0.39, 0.29) is 4.91 Å². The Bertz CT molecular complexity index is 826. The zero-order valence-electron chi connectivity index (χ0n) is 16.7. The molecule has 0 spiro atoms. The van der Waals surface area contributed by atoms with E-state index in [4.69, 9.17) is 18.9 Å². The SMILES string of the molecule is COc1cc(OC)c(OC)cc1/C=C1/SC(=O)N(CC(=O)OC(C)(C)C)C1=O. The molecule has 0 unspecified atom stereocenters. The predicted octanol–water partition coefficient (Wildman–Crippen LogP) is 3.09. The Morgan fingerprint density at radius 2 is 1.61 bits per heavy atom. The minimum atomic E-state index is -0.707. The number of hydrogen-bond donors (Lipinski definition) is 0. The van der Waals surface area contributed by atoms with Crippen molar-refractivity contribution < 1.29 is 33.3 Å². The monoisotopic (exact) mass is 409 g/mol. The number of methoxy groups -OCH3 is 3. The average Bonchev–Trinajstić information content (AvgIpc) is 2.87. The van der Waals surface area contributed by atoms with Gasteiger partial charge in [0.25, 0.3) is 11.1 Å². The summed E-state index contributed by atoms with van der Waals surface area (Å²) in [6, 6.07) is 3.26. The van der Waals surface area contributed by atoms with Gasteiger partial charge in [-0.05, 0) is 44.7 Å². The molecule has 0 N–H and O–H groups in total. The van der Waals surface area contributed by atoms with Crippen LogP contribution in [-0.4, -0.2) is 55.5 Å². The number of carbonyl (C=O) groups is 3. The molecule has 0 aromatic heterocycles. The van der Waals surface area contributed by atoms with Crippen LogP contribution in [0.2, 0.25) is 0 Å². The highest BCUT2D eigenvalue weighted by Crippen LogP contribution is 2.38. The summed E-state index contributed by atoms with van der Waals surface area (Å²) in [7, 11) is 4.47. The largest absolute Gasteiger partial charge is 0.496 e. The first-order chi connectivity index (χ1) is 13.1. The lowest BCUT2D eigenvalue weighted by atomic mass is 10.1. The van der Waals surface area contributed by atoms with E-state index in [9.17, 15) is 14.4 Å². The van der Waals surface area contributed by atoms with Crippen LogP contribution in [0.15, 0.2) is 17.0 Å². The maximum Gasteiger partial charge on any atom is 0.326 e. The van der Waals surface area contributed by atoms with Gasteiger partial charge in [0.15, 0.2) is 11.5 Å². The van der Waals surface area contributed by atoms with Gasteiger partial charge in [-0.15, -0.1) is 0 Å². The molecule has 28 heavy (non-hydrogen) atoms. The summed E-state index contributed by atoms with van der Waals surface area (Å²) >= 11 is 0.742. The van der Waals surface area contributed by atoms with Gasteiger partial charge in [0.1, 0.15) is 17.9 Å². The van der Waals surface area contributed by atoms with Gasteiger partial charge >= 0.3 is 5.97 Å². The standard InChI is InChI=1S/C19H23NO7S/c1-19(2,3)27-16(21)10-20-17(22)15(28-18(20)23)8-11-7-13(25-5)14(26-6)9-12(11)24-4/h7-9H,10H2,1-6H3/b15-8+. The van der Waals surface area contributed by atoms with E-state index < -0.39 is 29.3 Å². The van der Waals surface area contributed by atoms with E-state index in [1.54, 1.807) is 32.9 Å². The maximum atomic E-state index is 12.6. The van der Waals surface area contributed by atoms with E-state index in [2.05, 4.69) is 0 Å². The van der Waals surface area contributed by atoms with Crippen LogP contribution in [0.3, 0.4) is 0 Å². The summed E-state index contributed by atoms with van der Waals surface area (Å²) in [5.41, 5.74) is -0.176. The van der Waals surface area contributed by atoms with Crippen molar-refractivity contribution in [2.24, 2.45) is 0 Å². The van der Waals surface area contributed by atoms with Crippen molar-refractivity contribution in [3.63, 3.8) is 0 Å². The highest BCUT2D eigenvalue weighted by atomic mass is 32.2. The first-order valence-electron chi connectivity index (χ1n) is 8.37. The van der Waals surface area contributed by atoms with Gasteiger partial charge in [-0.1, -0.05) is 0 Å². The van der Waals surface area contributed by atoms with Gasteiger partial charge in [-0.3, -0.25) is 19.3 Å². The molecule has 0 atom stereocenters. The third kappa shape index (κ3) is 4.98. The predicted molar refractivity (Wildman–Crippen MR) is 105 cm³/mol. The second-order valence-corrected chi connectivity index (χ2v) is 7.80. The quantitative estimate of drug-likeness (QED) is 0.523. The molecule has 1 heterocycles. The summed E-state index contributed by atoms with van der Waals surface area (Å²) in [6.07, 6.45) is 1.51. The molecule has 8 nitrogen and oxygen atoms in total. The van der Waals surface area contributed by atoms with Gasteiger partial charge in [-0.2, -0.15) is 0 Å². The Morgan fingerprint density at radius 1 is 1.04 bits per heavy atom. The molecule has 1 aliphatic rings. The number of carbonyl (C=O) groups excluding carboxylic acids is 3. The lowest BCUT2D eigenvalue weighted by Gasteiger charge is -2.21. The first-order valence-corrected chi connectivity index (χ1v) is 9.18. The Labute approximate surface area is 167 Å². The summed E-state index contributed by atoms with van der Waals surface area (Å²) in [5.74, 6) is 0.131. The summed E-state index contributed by atoms with van der Waals surface area (Å²) in [6.45, 7) is 4.69. The number of ether oxygens (including phenoxy) is 4. The van der Waals surface area contributed by atoms with Gasteiger partial charge in [0.05, 0.1) is 26.2 Å². The highest BCUT2D eigenvalue weighted by Gasteiger charge is 2.37. The molecule has 1 saturated heterocycles. The summed E-state index contributed by atoms with van der Waals surface area (Å²) in [5, 5.41) is -0.540. The van der Waals surface area contributed by atoms with Crippen molar-refractivity contribution in [2.45, 2.75) is 26.4 Å². The Morgan fingerprint density at radius 3 is 2.14 bits per heavy atom. The first kappa shape index (κ1) is 21.6. The van der Waals surface area contributed by atoms with Crippen LogP contribution in [0.4, 0.5) is 4.79 Å². The third-order valence-electron chi connectivity index (χ3n) is 3.60. The second kappa shape index (κ2) is 8.55. The van der Waals surface area contributed by atoms with Gasteiger partial charge in [0, 0.05) is 11.6 Å². The number of thioether (sulfide) groups is 1. The number of rotatable bonds is 6. The average molecular weight is 409 g/mol. The van der Waals surface area contributed by atoms with Crippen molar-refractivity contribution in [3.8, 4) is 17.2 Å². The molecular weight excluding hydrogens is 386 g/mol. The van der Waals surface area contributed by atoms with Crippen molar-refractivity contribution >= 4 is 35.0 Å².